The fraction of sp³-hybridized carbons (Fsp3) is 0.450. The second kappa shape index (κ2) is 6.50. The molecule has 4 heterocycles. The maximum atomic E-state index is 12.8. The quantitative estimate of drug-likeness (QED) is 0.682. The van der Waals surface area contributed by atoms with Crippen LogP contribution >= 0.6 is 0 Å². The predicted octanol–water partition coefficient (Wildman–Crippen LogP) is 2.91. The first-order chi connectivity index (χ1) is 13.9. The van der Waals surface area contributed by atoms with Gasteiger partial charge in [0.25, 0.3) is 0 Å². The van der Waals surface area contributed by atoms with E-state index >= 15 is 0 Å². The van der Waals surface area contributed by atoms with Crippen molar-refractivity contribution in [1.29, 1.82) is 4.78 Å². The van der Waals surface area contributed by atoms with Crippen LogP contribution in [0.15, 0.2) is 30.6 Å². The molecule has 1 aliphatic heterocycles. The smallest absolute Gasteiger partial charge is 0.162 e. The summed E-state index contributed by atoms with van der Waals surface area (Å²) in [6, 6.07) is 5.99. The van der Waals surface area contributed by atoms with Crippen LogP contribution in [0, 0.1) is 4.78 Å². The van der Waals surface area contributed by atoms with Gasteiger partial charge in [-0.3, -0.25) is 4.78 Å². The summed E-state index contributed by atoms with van der Waals surface area (Å²) >= 11 is 0. The summed E-state index contributed by atoms with van der Waals surface area (Å²) < 4.78 is 26.0. The van der Waals surface area contributed by atoms with Crippen LogP contribution < -0.4 is 4.90 Å². The average molecular weight is 413 g/mol. The zero-order valence-corrected chi connectivity index (χ0v) is 17.3. The first-order valence-electron chi connectivity index (χ1n) is 9.79. The number of morpholine rings is 1. The summed E-state index contributed by atoms with van der Waals surface area (Å²) in [7, 11) is -2.79. The largest absolute Gasteiger partial charge is 0.377 e. The molecule has 9 heteroatoms. The molecule has 3 aromatic heterocycles. The minimum atomic E-state index is -2.79. The molecule has 2 atom stereocenters. The van der Waals surface area contributed by atoms with Gasteiger partial charge in [-0.1, -0.05) is 0 Å². The van der Waals surface area contributed by atoms with E-state index in [1.807, 2.05) is 24.4 Å². The van der Waals surface area contributed by atoms with Crippen LogP contribution in [0.2, 0.25) is 0 Å². The van der Waals surface area contributed by atoms with Gasteiger partial charge in [-0.05, 0) is 31.9 Å². The normalized spacial score (nSPS) is 23.1. The van der Waals surface area contributed by atoms with Crippen molar-refractivity contribution in [2.24, 2.45) is 0 Å². The van der Waals surface area contributed by atoms with Crippen molar-refractivity contribution in [2.75, 3.05) is 30.9 Å². The Labute approximate surface area is 169 Å². The van der Waals surface area contributed by atoms with Gasteiger partial charge in [0, 0.05) is 42.2 Å². The Hall–Kier alpha value is -2.52. The van der Waals surface area contributed by atoms with Gasteiger partial charge in [-0.25, -0.2) is 19.2 Å². The van der Waals surface area contributed by atoms with Gasteiger partial charge in [-0.15, -0.1) is 0 Å². The molecule has 1 aliphatic carbocycles. The summed E-state index contributed by atoms with van der Waals surface area (Å²) in [5, 5.41) is 0.943. The van der Waals surface area contributed by atoms with E-state index in [2.05, 4.69) is 21.8 Å². The van der Waals surface area contributed by atoms with Crippen molar-refractivity contribution < 1.29 is 8.95 Å². The Morgan fingerprint density at radius 2 is 2.17 bits per heavy atom. The molecule has 0 aromatic carbocycles. The van der Waals surface area contributed by atoms with Gasteiger partial charge in [0.2, 0.25) is 0 Å². The Morgan fingerprint density at radius 1 is 1.34 bits per heavy atom. The SMILES string of the molecule is CC1COCCN1c1cc(C2([S@](C)(=N)=O)CC2)nc(-c2ccnc3[nH]ccc23)n1. The maximum Gasteiger partial charge on any atom is 0.162 e. The summed E-state index contributed by atoms with van der Waals surface area (Å²) in [5.74, 6) is 1.38. The molecule has 2 N–H and O–H groups in total. The van der Waals surface area contributed by atoms with Crippen LogP contribution in [-0.2, 0) is 19.2 Å². The highest BCUT2D eigenvalue weighted by Gasteiger charge is 2.53. The van der Waals surface area contributed by atoms with E-state index in [4.69, 9.17) is 19.5 Å². The van der Waals surface area contributed by atoms with Crippen LogP contribution in [0.1, 0.15) is 25.5 Å². The van der Waals surface area contributed by atoms with Gasteiger partial charge in [-0.2, -0.15) is 0 Å². The molecule has 5 rings (SSSR count). The molecule has 0 radical (unpaired) electrons. The van der Waals surface area contributed by atoms with E-state index in [0.29, 0.717) is 24.7 Å². The number of pyridine rings is 1. The Morgan fingerprint density at radius 3 is 2.90 bits per heavy atom. The zero-order valence-electron chi connectivity index (χ0n) is 16.5. The molecule has 8 nitrogen and oxygen atoms in total. The third-order valence-electron chi connectivity index (χ3n) is 5.99. The van der Waals surface area contributed by atoms with Crippen LogP contribution in [0.3, 0.4) is 0 Å². The fourth-order valence-corrected chi connectivity index (χ4v) is 5.50. The lowest BCUT2D eigenvalue weighted by atomic mass is 10.1. The van der Waals surface area contributed by atoms with E-state index in [-0.39, 0.29) is 6.04 Å². The Kier molecular flexibility index (Phi) is 4.15. The van der Waals surface area contributed by atoms with Crippen LogP contribution in [0.5, 0.6) is 0 Å². The van der Waals surface area contributed by atoms with Crippen molar-refractivity contribution in [3.05, 3.63) is 36.3 Å². The van der Waals surface area contributed by atoms with E-state index in [1.54, 1.807) is 6.20 Å². The van der Waals surface area contributed by atoms with Gasteiger partial charge in [0.15, 0.2) is 5.82 Å². The van der Waals surface area contributed by atoms with Gasteiger partial charge < -0.3 is 14.6 Å². The van der Waals surface area contributed by atoms with Crippen LogP contribution in [-0.4, -0.2) is 56.2 Å². The molecule has 152 valence electrons. The number of aromatic nitrogens is 4. The molecule has 2 aliphatic rings. The minimum absolute atomic E-state index is 0.182. The number of H-pyrrole nitrogens is 1. The predicted molar refractivity (Wildman–Crippen MR) is 112 cm³/mol. The van der Waals surface area contributed by atoms with E-state index < -0.39 is 14.5 Å². The number of aromatic amines is 1. The van der Waals surface area contributed by atoms with E-state index in [9.17, 15) is 4.21 Å². The van der Waals surface area contributed by atoms with Crippen molar-refractivity contribution in [3.63, 3.8) is 0 Å². The summed E-state index contributed by atoms with van der Waals surface area (Å²) in [6.07, 6.45) is 6.55. The molecule has 1 saturated carbocycles. The first kappa shape index (κ1) is 18.5. The maximum absolute atomic E-state index is 12.8. The summed E-state index contributed by atoms with van der Waals surface area (Å²) in [4.78, 5) is 19.4. The minimum Gasteiger partial charge on any atom is -0.377 e. The van der Waals surface area contributed by atoms with Crippen molar-refractivity contribution in [2.45, 2.75) is 30.6 Å². The summed E-state index contributed by atoms with van der Waals surface area (Å²) in [6.45, 7) is 4.13. The highest BCUT2D eigenvalue weighted by molar-refractivity contribution is 7.92. The molecule has 0 amide bonds. The average Bonchev–Trinajstić information content (AvgIpc) is 3.39. The topological polar surface area (TPSA) is 108 Å². The van der Waals surface area contributed by atoms with E-state index in [0.717, 1.165) is 41.8 Å². The van der Waals surface area contributed by atoms with Crippen LogP contribution in [0.25, 0.3) is 22.4 Å². The van der Waals surface area contributed by atoms with Gasteiger partial charge in [0.05, 0.1) is 39.4 Å². The second-order valence-electron chi connectivity index (χ2n) is 7.99. The number of rotatable bonds is 4. The number of anilines is 1. The molecule has 1 unspecified atom stereocenters. The van der Waals surface area contributed by atoms with E-state index in [1.165, 1.54) is 6.26 Å². The molecule has 29 heavy (non-hydrogen) atoms. The highest BCUT2D eigenvalue weighted by atomic mass is 32.2. The molecule has 3 aromatic rings. The fourth-order valence-electron chi connectivity index (χ4n) is 4.12. The summed E-state index contributed by atoms with van der Waals surface area (Å²) in [5.41, 5.74) is 2.36. The lowest BCUT2D eigenvalue weighted by Crippen LogP contribution is -2.44. The van der Waals surface area contributed by atoms with Gasteiger partial charge >= 0.3 is 0 Å². The van der Waals surface area contributed by atoms with Gasteiger partial charge in [0.1, 0.15) is 11.5 Å². The third-order valence-corrected chi connectivity index (χ3v) is 8.10. The lowest BCUT2D eigenvalue weighted by molar-refractivity contribution is 0.0985. The molecule has 1 saturated heterocycles. The zero-order chi connectivity index (χ0) is 20.2. The second-order valence-corrected chi connectivity index (χ2v) is 10.5. The Balaban J connectivity index is 1.72. The Bertz CT molecular complexity index is 1180. The molecule has 0 bridgehead atoms. The molecule has 0 spiro atoms. The molecular formula is C20H24N6O2S. The number of nitrogens with one attached hydrogen (secondary N) is 2. The number of ether oxygens (including phenoxy) is 1. The number of hydrogen-bond acceptors (Lipinski definition) is 7. The first-order valence-corrected chi connectivity index (χ1v) is 11.8. The number of fused-ring (bicyclic) bond motifs is 1. The number of nitrogens with zero attached hydrogens (tertiary/aromatic N) is 4. The van der Waals surface area contributed by atoms with Crippen molar-refractivity contribution >= 4 is 26.6 Å². The monoisotopic (exact) mass is 412 g/mol. The van der Waals surface area contributed by atoms with Crippen molar-refractivity contribution in [3.8, 4) is 11.4 Å². The molecule has 2 fully saturated rings. The highest BCUT2D eigenvalue weighted by Crippen LogP contribution is 2.52. The molecular weight excluding hydrogens is 388 g/mol. The standard InChI is InChI=1S/C20H24N6O2S/c1-13-12-28-10-9-26(13)17-11-16(20(5-6-20)29(2,21)27)24-19(25-17)15-4-8-23-18-14(15)3-7-22-18/h3-4,7-8,11,13,21H,5-6,9-10,12H2,1-2H3,(H,22,23)/t13?,29-/m1/s1. The van der Waals surface area contributed by atoms with Crippen LogP contribution in [0.4, 0.5) is 5.82 Å². The third kappa shape index (κ3) is 3.00. The lowest BCUT2D eigenvalue weighted by Gasteiger charge is -2.35. The van der Waals surface area contributed by atoms with Crippen molar-refractivity contribution in [1.82, 2.24) is 19.9 Å². The number of hydrogen-bond donors (Lipinski definition) is 2.